The van der Waals surface area contributed by atoms with Crippen LogP contribution in [0.1, 0.15) is 5.69 Å². The highest BCUT2D eigenvalue weighted by Gasteiger charge is 2.33. The molecule has 1 aromatic heterocycles. The summed E-state index contributed by atoms with van der Waals surface area (Å²) in [5.74, 6) is 0.506. The topological polar surface area (TPSA) is 32.3 Å². The van der Waals surface area contributed by atoms with Crippen LogP contribution in [0.2, 0.25) is 0 Å². The molecule has 2 rings (SSSR count). The number of likely N-dealkylation sites (N-methyl/N-ethyl adjacent to an activating group) is 1. The lowest BCUT2D eigenvalue weighted by Crippen LogP contribution is -2.44. The van der Waals surface area contributed by atoms with Crippen molar-refractivity contribution in [2.24, 2.45) is 0 Å². The second kappa shape index (κ2) is 4.48. The predicted molar refractivity (Wildman–Crippen MR) is 56.7 cm³/mol. The van der Waals surface area contributed by atoms with Gasteiger partial charge in [-0.25, -0.2) is 9.97 Å². The zero-order chi connectivity index (χ0) is 12.5. The van der Waals surface area contributed by atoms with E-state index >= 15 is 0 Å². The van der Waals surface area contributed by atoms with Crippen LogP contribution in [0.15, 0.2) is 12.4 Å². The number of halogens is 3. The summed E-state index contributed by atoms with van der Waals surface area (Å²) in [5, 5.41) is 0. The molecule has 4 nitrogen and oxygen atoms in total. The number of hydrogen-bond acceptors (Lipinski definition) is 4. The maximum absolute atomic E-state index is 12.3. The molecule has 7 heteroatoms. The zero-order valence-corrected chi connectivity index (χ0v) is 9.41. The van der Waals surface area contributed by atoms with Crippen LogP contribution in [-0.4, -0.2) is 48.1 Å². The summed E-state index contributed by atoms with van der Waals surface area (Å²) in [5.41, 5.74) is -0.949. The number of piperazine rings is 1. The normalized spacial score (nSPS) is 18.5. The van der Waals surface area contributed by atoms with E-state index in [1.165, 1.54) is 6.20 Å². The average molecular weight is 246 g/mol. The number of anilines is 1. The molecule has 0 atom stereocenters. The predicted octanol–water partition coefficient (Wildman–Crippen LogP) is 1.25. The molecule has 0 unspecified atom stereocenters. The molecule has 1 saturated heterocycles. The first-order chi connectivity index (χ1) is 7.97. The van der Waals surface area contributed by atoms with E-state index in [9.17, 15) is 13.2 Å². The molecule has 1 aliphatic heterocycles. The van der Waals surface area contributed by atoms with Crippen molar-refractivity contribution in [2.75, 3.05) is 38.1 Å². The van der Waals surface area contributed by atoms with Crippen LogP contribution in [0.3, 0.4) is 0 Å². The monoisotopic (exact) mass is 246 g/mol. The fourth-order valence-corrected chi connectivity index (χ4v) is 1.67. The summed E-state index contributed by atoms with van der Waals surface area (Å²) in [4.78, 5) is 11.3. The van der Waals surface area contributed by atoms with Gasteiger partial charge >= 0.3 is 6.18 Å². The average Bonchev–Trinajstić information content (AvgIpc) is 2.29. The highest BCUT2D eigenvalue weighted by Crippen LogP contribution is 2.27. The lowest BCUT2D eigenvalue weighted by molar-refractivity contribution is -0.141. The Morgan fingerprint density at radius 2 is 1.71 bits per heavy atom. The van der Waals surface area contributed by atoms with Crippen LogP contribution in [0.4, 0.5) is 19.0 Å². The quantitative estimate of drug-likeness (QED) is 0.746. The Morgan fingerprint density at radius 1 is 1.06 bits per heavy atom. The molecule has 0 bridgehead atoms. The molecule has 0 spiro atoms. The molecular weight excluding hydrogens is 233 g/mol. The first-order valence-corrected chi connectivity index (χ1v) is 5.29. The molecule has 0 N–H and O–H groups in total. The van der Waals surface area contributed by atoms with Crippen LogP contribution >= 0.6 is 0 Å². The Balaban J connectivity index is 2.08. The van der Waals surface area contributed by atoms with Crippen molar-refractivity contribution in [2.45, 2.75) is 6.18 Å². The number of rotatable bonds is 1. The van der Waals surface area contributed by atoms with Crippen molar-refractivity contribution < 1.29 is 13.2 Å². The molecule has 0 aliphatic carbocycles. The summed E-state index contributed by atoms with van der Waals surface area (Å²) in [7, 11) is 2.01. The van der Waals surface area contributed by atoms with E-state index in [0.29, 0.717) is 5.82 Å². The van der Waals surface area contributed by atoms with Gasteiger partial charge in [0.15, 0.2) is 5.69 Å². The molecule has 1 aromatic rings. The number of nitrogens with zero attached hydrogens (tertiary/aromatic N) is 4. The smallest absolute Gasteiger partial charge is 0.353 e. The number of hydrogen-bond donors (Lipinski definition) is 0. The highest BCUT2D eigenvalue weighted by molar-refractivity contribution is 5.36. The van der Waals surface area contributed by atoms with E-state index in [1.54, 1.807) is 0 Å². The lowest BCUT2D eigenvalue weighted by atomic mass is 10.3. The molecule has 0 radical (unpaired) electrons. The van der Waals surface area contributed by atoms with Gasteiger partial charge in [0.2, 0.25) is 0 Å². The minimum Gasteiger partial charge on any atom is -0.353 e. The van der Waals surface area contributed by atoms with Crippen LogP contribution < -0.4 is 4.90 Å². The largest absolute Gasteiger partial charge is 0.434 e. The van der Waals surface area contributed by atoms with Gasteiger partial charge in [0.1, 0.15) is 5.82 Å². The molecule has 1 aliphatic rings. The van der Waals surface area contributed by atoms with Gasteiger partial charge in [-0.15, -0.1) is 0 Å². The van der Waals surface area contributed by atoms with E-state index in [-0.39, 0.29) is 0 Å². The third-order valence-corrected chi connectivity index (χ3v) is 2.76. The third kappa shape index (κ3) is 2.85. The maximum atomic E-state index is 12.3. The van der Waals surface area contributed by atoms with Crippen LogP contribution in [0, 0.1) is 0 Å². The summed E-state index contributed by atoms with van der Waals surface area (Å²) in [6.07, 6.45) is -2.45. The van der Waals surface area contributed by atoms with Gasteiger partial charge in [-0.05, 0) is 7.05 Å². The van der Waals surface area contributed by atoms with Gasteiger partial charge < -0.3 is 9.80 Å². The molecule has 2 heterocycles. The first-order valence-electron chi connectivity index (χ1n) is 5.29. The fourth-order valence-electron chi connectivity index (χ4n) is 1.67. The zero-order valence-electron chi connectivity index (χ0n) is 9.41. The SMILES string of the molecule is CN1CCN(c2cnc(C(F)(F)F)cn2)CC1. The first kappa shape index (κ1) is 12.1. The van der Waals surface area contributed by atoms with Crippen molar-refractivity contribution in [3.63, 3.8) is 0 Å². The van der Waals surface area contributed by atoms with Crippen molar-refractivity contribution in [3.8, 4) is 0 Å². The summed E-state index contributed by atoms with van der Waals surface area (Å²) in [6.45, 7) is 3.28. The Labute approximate surface area is 97.1 Å². The minimum absolute atomic E-state index is 0.506. The highest BCUT2D eigenvalue weighted by atomic mass is 19.4. The molecular formula is C10H13F3N4. The second-order valence-corrected chi connectivity index (χ2v) is 4.05. The van der Waals surface area contributed by atoms with E-state index in [1.807, 2.05) is 11.9 Å². The van der Waals surface area contributed by atoms with E-state index in [0.717, 1.165) is 32.4 Å². The summed E-state index contributed by atoms with van der Waals surface area (Å²) >= 11 is 0. The lowest BCUT2D eigenvalue weighted by Gasteiger charge is -2.32. The van der Waals surface area contributed by atoms with Crippen LogP contribution in [0.25, 0.3) is 0 Å². The molecule has 0 amide bonds. The number of alkyl halides is 3. The van der Waals surface area contributed by atoms with Crippen molar-refractivity contribution >= 4 is 5.82 Å². The van der Waals surface area contributed by atoms with Gasteiger partial charge in [0.25, 0.3) is 0 Å². The summed E-state index contributed by atoms with van der Waals surface area (Å²) in [6, 6.07) is 0. The molecule has 0 aromatic carbocycles. The standard InChI is InChI=1S/C10H13F3N4/c1-16-2-4-17(5-3-16)9-7-14-8(6-15-9)10(11,12)13/h6-7H,2-5H2,1H3. The molecule has 17 heavy (non-hydrogen) atoms. The van der Waals surface area contributed by atoms with Crippen molar-refractivity contribution in [1.82, 2.24) is 14.9 Å². The molecule has 1 fully saturated rings. The maximum Gasteiger partial charge on any atom is 0.434 e. The van der Waals surface area contributed by atoms with E-state index in [2.05, 4.69) is 14.9 Å². The van der Waals surface area contributed by atoms with E-state index < -0.39 is 11.9 Å². The van der Waals surface area contributed by atoms with Crippen LogP contribution in [0.5, 0.6) is 0 Å². The summed E-state index contributed by atoms with van der Waals surface area (Å²) < 4.78 is 36.9. The minimum atomic E-state index is -4.42. The number of aromatic nitrogens is 2. The Hall–Kier alpha value is -1.37. The van der Waals surface area contributed by atoms with Crippen molar-refractivity contribution in [3.05, 3.63) is 18.1 Å². The Kier molecular flexibility index (Phi) is 3.19. The second-order valence-electron chi connectivity index (χ2n) is 4.05. The van der Waals surface area contributed by atoms with Gasteiger partial charge in [0.05, 0.1) is 12.4 Å². The Morgan fingerprint density at radius 3 is 2.18 bits per heavy atom. The molecule has 0 saturated carbocycles. The Bertz CT molecular complexity index is 368. The fraction of sp³-hybridized carbons (Fsp3) is 0.600. The van der Waals surface area contributed by atoms with Gasteiger partial charge in [-0.1, -0.05) is 0 Å². The third-order valence-electron chi connectivity index (χ3n) is 2.76. The van der Waals surface area contributed by atoms with Gasteiger partial charge in [-0.2, -0.15) is 13.2 Å². The van der Waals surface area contributed by atoms with Gasteiger partial charge in [0, 0.05) is 26.2 Å². The van der Waals surface area contributed by atoms with E-state index in [4.69, 9.17) is 0 Å². The van der Waals surface area contributed by atoms with Gasteiger partial charge in [-0.3, -0.25) is 0 Å². The van der Waals surface area contributed by atoms with Crippen LogP contribution in [-0.2, 0) is 6.18 Å². The van der Waals surface area contributed by atoms with Crippen molar-refractivity contribution in [1.29, 1.82) is 0 Å². The molecule has 94 valence electrons.